The molecule has 0 aliphatic heterocycles. The Balaban J connectivity index is 1.98. The molecule has 0 atom stereocenters. The first-order valence-corrected chi connectivity index (χ1v) is 6.71. The first-order valence-electron chi connectivity index (χ1n) is 6.31. The van der Waals surface area contributed by atoms with E-state index in [1.807, 2.05) is 13.0 Å². The van der Waals surface area contributed by atoms with E-state index in [9.17, 15) is 10.2 Å². The molecule has 0 spiro atoms. The number of hydrogen-bond acceptors (Lipinski definition) is 6. The Bertz CT molecular complexity index is 907. The lowest BCUT2D eigenvalue weighted by Crippen LogP contribution is -1.95. The molecule has 0 fully saturated rings. The van der Waals surface area contributed by atoms with Crippen LogP contribution in [0.5, 0.6) is 11.5 Å². The van der Waals surface area contributed by atoms with Crippen molar-refractivity contribution in [3.05, 3.63) is 40.3 Å². The summed E-state index contributed by atoms with van der Waals surface area (Å²) in [5.41, 5.74) is 2.10. The summed E-state index contributed by atoms with van der Waals surface area (Å²) in [7, 11) is 0. The zero-order chi connectivity index (χ0) is 15.7. The number of hydrogen-bond donors (Lipinski definition) is 4. The summed E-state index contributed by atoms with van der Waals surface area (Å²) in [4.78, 5) is 0. The number of phenols is 2. The molecule has 2 aromatic heterocycles. The zero-order valence-electron chi connectivity index (χ0n) is 11.5. The molecule has 4 N–H and O–H groups in total. The maximum atomic E-state index is 9.48. The number of nitrogens with one attached hydrogen (secondary N) is 2. The van der Waals surface area contributed by atoms with Crippen LogP contribution in [0, 0.1) is 11.7 Å². The molecular formula is C13H12N6O2S. The van der Waals surface area contributed by atoms with E-state index < -0.39 is 0 Å². The third kappa shape index (κ3) is 2.61. The fraction of sp³-hybridized carbons (Fsp3) is 0.0769. The summed E-state index contributed by atoms with van der Waals surface area (Å²) >= 11 is 5.15. The molecule has 1 aromatic carbocycles. The van der Waals surface area contributed by atoms with Gasteiger partial charge in [-0.2, -0.15) is 20.0 Å². The monoisotopic (exact) mass is 316 g/mol. The van der Waals surface area contributed by atoms with Crippen molar-refractivity contribution >= 4 is 18.4 Å². The number of phenolic OH excluding ortho intramolecular Hbond substituents is 2. The van der Waals surface area contributed by atoms with Crippen molar-refractivity contribution in [2.24, 2.45) is 5.10 Å². The van der Waals surface area contributed by atoms with E-state index in [-0.39, 0.29) is 11.5 Å². The van der Waals surface area contributed by atoms with Crippen molar-refractivity contribution < 1.29 is 10.2 Å². The fourth-order valence-corrected chi connectivity index (χ4v) is 2.02. The van der Waals surface area contributed by atoms with E-state index in [1.165, 1.54) is 23.0 Å². The highest BCUT2D eigenvalue weighted by Gasteiger charge is 2.11. The molecule has 0 amide bonds. The van der Waals surface area contributed by atoms with Gasteiger partial charge in [0.25, 0.3) is 0 Å². The molecule has 0 aliphatic carbocycles. The predicted octanol–water partition coefficient (Wildman–Crippen LogP) is 1.93. The number of nitrogens with zero attached hydrogens (tertiary/aromatic N) is 4. The van der Waals surface area contributed by atoms with Gasteiger partial charge in [-0.1, -0.05) is 0 Å². The van der Waals surface area contributed by atoms with Crippen molar-refractivity contribution in [2.45, 2.75) is 6.92 Å². The minimum Gasteiger partial charge on any atom is -0.504 e. The van der Waals surface area contributed by atoms with E-state index in [0.717, 1.165) is 5.69 Å². The van der Waals surface area contributed by atoms with Gasteiger partial charge < -0.3 is 10.2 Å². The van der Waals surface area contributed by atoms with Gasteiger partial charge >= 0.3 is 0 Å². The topological polar surface area (TPSA) is 115 Å². The highest BCUT2D eigenvalue weighted by Crippen LogP contribution is 2.24. The standard InChI is InChI=1S/C13H12N6O2S/c1-7-4-9(16-15-7)12-17-18-13(22)19(12)14-6-8-2-3-10(20)11(21)5-8/h2-6,20-21H,1H3,(H,15,16)(H,18,22). The van der Waals surface area contributed by atoms with Crippen LogP contribution in [0.1, 0.15) is 11.3 Å². The SMILES string of the molecule is Cc1cc(-c2n[nH]c(=S)n2N=Cc2ccc(O)c(O)c2)n[nH]1. The van der Waals surface area contributed by atoms with Gasteiger partial charge in [-0.3, -0.25) is 5.10 Å². The van der Waals surface area contributed by atoms with Crippen molar-refractivity contribution in [2.75, 3.05) is 0 Å². The minimum atomic E-state index is -0.220. The van der Waals surface area contributed by atoms with Crippen molar-refractivity contribution in [3.63, 3.8) is 0 Å². The van der Waals surface area contributed by atoms with Gasteiger partial charge in [0, 0.05) is 5.69 Å². The summed E-state index contributed by atoms with van der Waals surface area (Å²) in [6, 6.07) is 6.20. The van der Waals surface area contributed by atoms with Gasteiger partial charge in [0.1, 0.15) is 5.69 Å². The highest BCUT2D eigenvalue weighted by molar-refractivity contribution is 7.71. The van der Waals surface area contributed by atoms with Gasteiger partial charge in [0.05, 0.1) is 6.21 Å². The van der Waals surface area contributed by atoms with Crippen LogP contribution in [-0.4, -0.2) is 41.5 Å². The highest BCUT2D eigenvalue weighted by atomic mass is 32.1. The lowest BCUT2D eigenvalue weighted by Gasteiger charge is -1.99. The number of H-pyrrole nitrogens is 2. The molecule has 2 heterocycles. The second-order valence-corrected chi connectivity index (χ2v) is 4.98. The summed E-state index contributed by atoms with van der Waals surface area (Å²) in [6.45, 7) is 1.88. The molecule has 0 saturated heterocycles. The summed E-state index contributed by atoms with van der Waals surface area (Å²) < 4.78 is 1.74. The smallest absolute Gasteiger partial charge is 0.216 e. The Kier molecular flexibility index (Phi) is 3.47. The van der Waals surface area contributed by atoms with Crippen molar-refractivity contribution in [3.8, 4) is 23.0 Å². The lowest BCUT2D eigenvalue weighted by atomic mass is 10.2. The van der Waals surface area contributed by atoms with Gasteiger partial charge in [0.15, 0.2) is 11.5 Å². The minimum absolute atomic E-state index is 0.190. The fourth-order valence-electron chi connectivity index (χ4n) is 1.84. The quantitative estimate of drug-likeness (QED) is 0.335. The molecule has 112 valence electrons. The summed E-state index contributed by atoms with van der Waals surface area (Å²) in [6.07, 6.45) is 1.49. The maximum Gasteiger partial charge on any atom is 0.216 e. The number of aromatic nitrogens is 5. The Labute approximate surface area is 129 Å². The molecule has 0 radical (unpaired) electrons. The molecular weight excluding hydrogens is 304 g/mol. The van der Waals surface area contributed by atoms with Crippen LogP contribution in [0.3, 0.4) is 0 Å². The van der Waals surface area contributed by atoms with E-state index in [4.69, 9.17) is 12.2 Å². The first kappa shape index (κ1) is 14.0. The average molecular weight is 316 g/mol. The number of aromatic hydroxyl groups is 2. The van der Waals surface area contributed by atoms with Crippen LogP contribution < -0.4 is 0 Å². The third-order valence-corrected chi connectivity index (χ3v) is 3.17. The van der Waals surface area contributed by atoms with E-state index in [1.54, 1.807) is 6.07 Å². The second-order valence-electron chi connectivity index (χ2n) is 4.59. The van der Waals surface area contributed by atoms with Crippen LogP contribution in [0.25, 0.3) is 11.5 Å². The maximum absolute atomic E-state index is 9.48. The number of aromatic amines is 2. The molecule has 8 nitrogen and oxygen atoms in total. The summed E-state index contributed by atoms with van der Waals surface area (Å²) in [5, 5.41) is 36.7. The van der Waals surface area contributed by atoms with Crippen LogP contribution in [-0.2, 0) is 0 Å². The second kappa shape index (κ2) is 5.45. The van der Waals surface area contributed by atoms with Crippen molar-refractivity contribution in [1.29, 1.82) is 0 Å². The summed E-state index contributed by atoms with van der Waals surface area (Å²) in [5.74, 6) is 0.0567. The molecule has 0 unspecified atom stereocenters. The van der Waals surface area contributed by atoms with E-state index in [0.29, 0.717) is 21.9 Å². The van der Waals surface area contributed by atoms with Gasteiger partial charge in [-0.05, 0) is 49.0 Å². The lowest BCUT2D eigenvalue weighted by molar-refractivity contribution is 0.403. The molecule has 3 rings (SSSR count). The van der Waals surface area contributed by atoms with Crippen LogP contribution >= 0.6 is 12.2 Å². The van der Waals surface area contributed by atoms with Gasteiger partial charge in [-0.25, -0.2) is 5.10 Å². The van der Waals surface area contributed by atoms with Gasteiger partial charge in [-0.15, -0.1) is 0 Å². The molecule has 9 heteroatoms. The Morgan fingerprint density at radius 2 is 2.00 bits per heavy atom. The Morgan fingerprint density at radius 3 is 2.68 bits per heavy atom. The van der Waals surface area contributed by atoms with Crippen molar-refractivity contribution in [1.82, 2.24) is 25.1 Å². The largest absolute Gasteiger partial charge is 0.504 e. The molecule has 22 heavy (non-hydrogen) atoms. The molecule has 0 bridgehead atoms. The van der Waals surface area contributed by atoms with E-state index in [2.05, 4.69) is 25.5 Å². The normalized spacial score (nSPS) is 11.3. The van der Waals surface area contributed by atoms with Crippen LogP contribution in [0.15, 0.2) is 29.4 Å². The zero-order valence-corrected chi connectivity index (χ0v) is 12.3. The van der Waals surface area contributed by atoms with Crippen LogP contribution in [0.4, 0.5) is 0 Å². The molecule has 0 aliphatic rings. The van der Waals surface area contributed by atoms with E-state index >= 15 is 0 Å². The average Bonchev–Trinajstić information content (AvgIpc) is 3.06. The van der Waals surface area contributed by atoms with Crippen LogP contribution in [0.2, 0.25) is 0 Å². The number of rotatable bonds is 3. The molecule has 0 saturated carbocycles. The Morgan fingerprint density at radius 1 is 1.18 bits per heavy atom. The third-order valence-electron chi connectivity index (χ3n) is 2.91. The number of aryl methyl sites for hydroxylation is 1. The first-order chi connectivity index (χ1) is 10.5. The number of benzene rings is 1. The Hall–Kier alpha value is -2.94. The predicted molar refractivity (Wildman–Crippen MR) is 82.5 cm³/mol. The van der Waals surface area contributed by atoms with Gasteiger partial charge in [0.2, 0.25) is 10.6 Å². The molecule has 3 aromatic rings.